The van der Waals surface area contributed by atoms with Gasteiger partial charge in [0.05, 0.1) is 13.2 Å². The molecule has 2 amide bonds. The van der Waals surface area contributed by atoms with E-state index in [2.05, 4.69) is 15.4 Å². The van der Waals surface area contributed by atoms with E-state index < -0.39 is 18.0 Å². The normalized spacial score (nSPS) is 18.4. The lowest BCUT2D eigenvalue weighted by Gasteiger charge is -2.28. The van der Waals surface area contributed by atoms with Gasteiger partial charge < -0.3 is 15.4 Å². The molecule has 0 radical (unpaired) electrons. The summed E-state index contributed by atoms with van der Waals surface area (Å²) < 4.78 is 4.65. The lowest BCUT2D eigenvalue weighted by molar-refractivity contribution is -0.136. The molecule has 106 valence electrons. The third kappa shape index (κ3) is 2.73. The number of halogens is 2. The van der Waals surface area contributed by atoms with Crippen LogP contribution in [0.2, 0.25) is 10.0 Å². The summed E-state index contributed by atoms with van der Waals surface area (Å²) in [6, 6.07) is 3.95. The van der Waals surface area contributed by atoms with E-state index in [4.69, 9.17) is 23.2 Å². The van der Waals surface area contributed by atoms with E-state index in [0.29, 0.717) is 21.2 Å². The number of hydrogen-bond acceptors (Lipinski definition) is 3. The minimum absolute atomic E-state index is 0.118. The number of carbonyl (C=O) groups is 2. The van der Waals surface area contributed by atoms with Crippen LogP contribution in [0.4, 0.5) is 4.79 Å². The summed E-state index contributed by atoms with van der Waals surface area (Å²) in [5.41, 5.74) is 1.39. The van der Waals surface area contributed by atoms with Gasteiger partial charge in [-0.3, -0.25) is 0 Å². The highest BCUT2D eigenvalue weighted by molar-refractivity contribution is 6.35. The number of urea groups is 1. The Labute approximate surface area is 125 Å². The number of carbonyl (C=O) groups excluding carboxylic acids is 2. The van der Waals surface area contributed by atoms with Gasteiger partial charge >= 0.3 is 12.0 Å². The number of ether oxygens (including phenoxy) is 1. The van der Waals surface area contributed by atoms with Crippen LogP contribution in [0.25, 0.3) is 0 Å². The van der Waals surface area contributed by atoms with Crippen LogP contribution in [0.1, 0.15) is 18.5 Å². The molecule has 1 aromatic rings. The Balaban J connectivity index is 2.49. The minimum Gasteiger partial charge on any atom is -0.464 e. The van der Waals surface area contributed by atoms with Crippen molar-refractivity contribution in [2.24, 2.45) is 0 Å². The molecule has 20 heavy (non-hydrogen) atoms. The highest BCUT2D eigenvalue weighted by Crippen LogP contribution is 2.32. The number of rotatable bonds is 2. The maximum Gasteiger partial charge on any atom is 0.354 e. The Hall–Kier alpha value is -1.72. The molecule has 0 saturated carbocycles. The van der Waals surface area contributed by atoms with Crippen LogP contribution in [-0.2, 0) is 9.53 Å². The fraction of sp³-hybridized carbons (Fsp3) is 0.231. The molecule has 1 unspecified atom stereocenters. The Kier molecular flexibility index (Phi) is 4.20. The Bertz CT molecular complexity index is 614. The number of methoxy groups -OCH3 is 1. The molecule has 0 aliphatic carbocycles. The highest BCUT2D eigenvalue weighted by Gasteiger charge is 2.30. The summed E-state index contributed by atoms with van der Waals surface area (Å²) in [6.45, 7) is 1.72. The third-order valence-corrected chi connectivity index (χ3v) is 3.57. The number of hydrogen-bond donors (Lipinski definition) is 2. The molecule has 5 nitrogen and oxygen atoms in total. The van der Waals surface area contributed by atoms with E-state index in [1.807, 2.05) is 0 Å². The van der Waals surface area contributed by atoms with Crippen LogP contribution in [0, 0.1) is 0 Å². The predicted octanol–water partition coefficient (Wildman–Crippen LogP) is 2.79. The first-order chi connectivity index (χ1) is 9.43. The second kappa shape index (κ2) is 5.73. The van der Waals surface area contributed by atoms with Gasteiger partial charge in [0.25, 0.3) is 0 Å². The SMILES string of the molecule is COC(=O)C1=C(C)C(c2ccc(Cl)cc2Cl)NC(=O)N1. The van der Waals surface area contributed by atoms with Crippen molar-refractivity contribution in [3.63, 3.8) is 0 Å². The maximum absolute atomic E-state index is 11.7. The average Bonchev–Trinajstić information content (AvgIpc) is 2.40. The molecule has 1 atom stereocenters. The number of nitrogens with one attached hydrogen (secondary N) is 2. The smallest absolute Gasteiger partial charge is 0.354 e. The molecule has 2 N–H and O–H groups in total. The lowest BCUT2D eigenvalue weighted by Crippen LogP contribution is -2.45. The zero-order valence-corrected chi connectivity index (χ0v) is 12.3. The second-order valence-electron chi connectivity index (χ2n) is 4.25. The molecule has 0 bridgehead atoms. The Morgan fingerprint density at radius 3 is 2.65 bits per heavy atom. The van der Waals surface area contributed by atoms with E-state index in [1.165, 1.54) is 7.11 Å². The molecule has 1 aromatic carbocycles. The lowest BCUT2D eigenvalue weighted by atomic mass is 9.96. The minimum atomic E-state index is -0.604. The summed E-state index contributed by atoms with van der Waals surface area (Å²) in [5, 5.41) is 6.05. The standard InChI is InChI=1S/C13H12Cl2N2O3/c1-6-10(8-4-3-7(14)5-9(8)15)16-13(19)17-11(6)12(18)20-2/h3-5,10H,1-2H3,(H2,16,17,19). The van der Waals surface area contributed by atoms with Crippen molar-refractivity contribution in [3.05, 3.63) is 45.1 Å². The van der Waals surface area contributed by atoms with Crippen molar-refractivity contribution in [1.82, 2.24) is 10.6 Å². The van der Waals surface area contributed by atoms with Gasteiger partial charge in [-0.2, -0.15) is 0 Å². The van der Waals surface area contributed by atoms with Crippen LogP contribution >= 0.6 is 23.2 Å². The number of benzene rings is 1. The molecular formula is C13H12Cl2N2O3. The number of amides is 2. The van der Waals surface area contributed by atoms with Gasteiger partial charge in [0, 0.05) is 10.0 Å². The fourth-order valence-corrected chi connectivity index (χ4v) is 2.51. The van der Waals surface area contributed by atoms with Crippen molar-refractivity contribution in [2.45, 2.75) is 13.0 Å². The fourth-order valence-electron chi connectivity index (χ4n) is 1.99. The molecule has 1 heterocycles. The predicted molar refractivity (Wildman–Crippen MR) is 75.6 cm³/mol. The quantitative estimate of drug-likeness (QED) is 0.825. The Morgan fingerprint density at radius 1 is 1.35 bits per heavy atom. The zero-order valence-electron chi connectivity index (χ0n) is 10.8. The molecule has 1 aliphatic rings. The summed E-state index contributed by atoms with van der Waals surface area (Å²) >= 11 is 12.0. The van der Waals surface area contributed by atoms with Crippen LogP contribution in [0.3, 0.4) is 0 Å². The topological polar surface area (TPSA) is 67.4 Å². The summed E-state index contributed by atoms with van der Waals surface area (Å²) in [7, 11) is 1.25. The molecule has 1 aliphatic heterocycles. The summed E-state index contributed by atoms with van der Waals surface area (Å²) in [4.78, 5) is 23.3. The molecular weight excluding hydrogens is 303 g/mol. The highest BCUT2D eigenvalue weighted by atomic mass is 35.5. The molecule has 0 saturated heterocycles. The monoisotopic (exact) mass is 314 g/mol. The molecule has 0 aromatic heterocycles. The number of esters is 1. The Morgan fingerprint density at radius 2 is 2.05 bits per heavy atom. The average molecular weight is 315 g/mol. The summed E-state index contributed by atoms with van der Waals surface area (Å²) in [6.07, 6.45) is 0. The van der Waals surface area contributed by atoms with E-state index in [-0.39, 0.29) is 5.70 Å². The summed E-state index contributed by atoms with van der Waals surface area (Å²) in [5.74, 6) is -0.604. The molecule has 0 fully saturated rings. The van der Waals surface area contributed by atoms with E-state index in [1.54, 1.807) is 25.1 Å². The van der Waals surface area contributed by atoms with Crippen LogP contribution < -0.4 is 10.6 Å². The van der Waals surface area contributed by atoms with Crippen LogP contribution in [-0.4, -0.2) is 19.1 Å². The van der Waals surface area contributed by atoms with Gasteiger partial charge in [0.1, 0.15) is 5.70 Å². The van der Waals surface area contributed by atoms with Crippen molar-refractivity contribution in [2.75, 3.05) is 7.11 Å². The largest absolute Gasteiger partial charge is 0.464 e. The van der Waals surface area contributed by atoms with Gasteiger partial charge in [-0.15, -0.1) is 0 Å². The van der Waals surface area contributed by atoms with E-state index in [0.717, 1.165) is 0 Å². The van der Waals surface area contributed by atoms with Gasteiger partial charge in [0.2, 0.25) is 0 Å². The van der Waals surface area contributed by atoms with Gasteiger partial charge in [-0.1, -0.05) is 29.3 Å². The molecule has 2 rings (SSSR count). The third-order valence-electron chi connectivity index (χ3n) is 3.00. The van der Waals surface area contributed by atoms with Gasteiger partial charge in [0.15, 0.2) is 0 Å². The van der Waals surface area contributed by atoms with Crippen molar-refractivity contribution in [3.8, 4) is 0 Å². The van der Waals surface area contributed by atoms with Crippen molar-refractivity contribution in [1.29, 1.82) is 0 Å². The van der Waals surface area contributed by atoms with Crippen LogP contribution in [0.15, 0.2) is 29.5 Å². The maximum atomic E-state index is 11.7. The molecule has 0 spiro atoms. The van der Waals surface area contributed by atoms with Crippen LogP contribution in [0.5, 0.6) is 0 Å². The molecule has 7 heteroatoms. The second-order valence-corrected chi connectivity index (χ2v) is 5.09. The first kappa shape index (κ1) is 14.7. The first-order valence-electron chi connectivity index (χ1n) is 5.75. The van der Waals surface area contributed by atoms with Gasteiger partial charge in [-0.25, -0.2) is 9.59 Å². The zero-order chi connectivity index (χ0) is 14.9. The van der Waals surface area contributed by atoms with E-state index in [9.17, 15) is 9.59 Å². The first-order valence-corrected chi connectivity index (χ1v) is 6.51. The van der Waals surface area contributed by atoms with Gasteiger partial charge in [-0.05, 0) is 30.2 Å². The van der Waals surface area contributed by atoms with Crippen molar-refractivity contribution >= 4 is 35.2 Å². The van der Waals surface area contributed by atoms with E-state index >= 15 is 0 Å². The van der Waals surface area contributed by atoms with Crippen molar-refractivity contribution < 1.29 is 14.3 Å².